The fourth-order valence-corrected chi connectivity index (χ4v) is 10.9. The Kier molecular flexibility index (Phi) is 7.15. The highest BCUT2D eigenvalue weighted by Crippen LogP contribution is 2.66. The van der Waals surface area contributed by atoms with E-state index in [1.54, 1.807) is 0 Å². The zero-order valence-corrected chi connectivity index (χ0v) is 32.1. The van der Waals surface area contributed by atoms with Gasteiger partial charge in [0.25, 0.3) is 0 Å². The van der Waals surface area contributed by atoms with Crippen LogP contribution in [-0.4, -0.2) is 0 Å². The lowest BCUT2D eigenvalue weighted by molar-refractivity contribution is 0.672. The van der Waals surface area contributed by atoms with Gasteiger partial charge in [0.1, 0.15) is 0 Å². The number of anilines is 3. The predicted octanol–water partition coefficient (Wildman–Crippen LogP) is 13.5. The highest BCUT2D eigenvalue weighted by molar-refractivity contribution is 6.01. The number of hydrogen-bond acceptors (Lipinski definition) is 2. The van der Waals surface area contributed by atoms with Gasteiger partial charge in [0.2, 0.25) is 0 Å². The van der Waals surface area contributed by atoms with Crippen LogP contribution >= 0.6 is 0 Å². The summed E-state index contributed by atoms with van der Waals surface area (Å²) in [5, 5.41) is 0. The van der Waals surface area contributed by atoms with E-state index in [4.69, 9.17) is 5.73 Å². The van der Waals surface area contributed by atoms with Crippen molar-refractivity contribution in [1.82, 2.24) is 0 Å². The molecule has 0 radical (unpaired) electrons. The zero-order valence-electron chi connectivity index (χ0n) is 32.1. The quantitative estimate of drug-likeness (QED) is 0.190. The number of nitrogens with zero attached hydrogens (tertiary/aromatic N) is 1. The molecule has 1 unspecified atom stereocenters. The SMILES string of the molecule is NC1(c2ccccc2)c2ccccc2-c2ccc(N(c3ccc(-c4ccccc4)cc3)c3cccc4c3C3(C5=C4C=CCC5)c4ccccc4-c4ccccc43)cc21. The summed E-state index contributed by atoms with van der Waals surface area (Å²) in [6.45, 7) is 0. The summed E-state index contributed by atoms with van der Waals surface area (Å²) in [6, 6.07) is 71.3. The average molecular weight is 741 g/mol. The Bertz CT molecular complexity index is 2960. The van der Waals surface area contributed by atoms with Gasteiger partial charge in [-0.05, 0) is 121 Å². The molecule has 0 saturated carbocycles. The molecule has 0 amide bonds. The van der Waals surface area contributed by atoms with Crippen molar-refractivity contribution in [3.8, 4) is 33.4 Å². The zero-order chi connectivity index (χ0) is 38.4. The first-order valence-electron chi connectivity index (χ1n) is 20.5. The topological polar surface area (TPSA) is 29.3 Å². The molecule has 1 spiro atoms. The second kappa shape index (κ2) is 12.5. The van der Waals surface area contributed by atoms with Crippen LogP contribution in [0.2, 0.25) is 0 Å². The third-order valence-electron chi connectivity index (χ3n) is 13.3. The van der Waals surface area contributed by atoms with Crippen LogP contribution in [0.1, 0.15) is 51.8 Å². The van der Waals surface area contributed by atoms with E-state index >= 15 is 0 Å². The van der Waals surface area contributed by atoms with Crippen LogP contribution in [0.5, 0.6) is 0 Å². The van der Waals surface area contributed by atoms with Crippen molar-refractivity contribution in [3.05, 3.63) is 251 Å². The Labute approximate surface area is 339 Å². The molecule has 2 N–H and O–H groups in total. The van der Waals surface area contributed by atoms with Crippen LogP contribution in [-0.2, 0) is 11.0 Å². The van der Waals surface area contributed by atoms with Gasteiger partial charge in [0.05, 0.1) is 16.6 Å². The Balaban J connectivity index is 1.15. The predicted molar refractivity (Wildman–Crippen MR) is 240 cm³/mol. The summed E-state index contributed by atoms with van der Waals surface area (Å²) in [7, 11) is 0. The second-order valence-electron chi connectivity index (χ2n) is 16.1. The molecule has 0 heterocycles. The minimum Gasteiger partial charge on any atom is -0.314 e. The highest BCUT2D eigenvalue weighted by Gasteiger charge is 2.54. The minimum atomic E-state index is -0.819. The molecular formula is C56H40N2. The molecule has 8 aromatic rings. The van der Waals surface area contributed by atoms with Crippen LogP contribution in [0.3, 0.4) is 0 Å². The van der Waals surface area contributed by atoms with Gasteiger partial charge in [0.15, 0.2) is 0 Å². The van der Waals surface area contributed by atoms with Gasteiger partial charge >= 0.3 is 0 Å². The lowest BCUT2D eigenvalue weighted by atomic mass is 9.67. The van der Waals surface area contributed by atoms with E-state index in [0.29, 0.717) is 0 Å². The summed E-state index contributed by atoms with van der Waals surface area (Å²) in [4.78, 5) is 2.51. The van der Waals surface area contributed by atoms with E-state index in [0.717, 1.165) is 40.9 Å². The van der Waals surface area contributed by atoms with Crippen LogP contribution < -0.4 is 10.6 Å². The largest absolute Gasteiger partial charge is 0.314 e. The van der Waals surface area contributed by atoms with Crippen LogP contribution in [0.4, 0.5) is 17.1 Å². The van der Waals surface area contributed by atoms with Crippen LogP contribution in [0.15, 0.2) is 212 Å². The molecule has 0 fully saturated rings. The standard InChI is InChI=1S/C56H40N2/c57-56(39-18-5-2-6-19-39)51-28-14-10-22-44(51)46-35-34-41(36-52(46)56)58(40-32-30-38(31-33-40)37-16-3-1-4-17-37)53-29-15-24-47-45-23-9-13-27-50(45)55(54(47)53)48-25-11-7-20-42(48)43-21-8-12-26-49(43)55/h1-12,14-26,28-36H,13,27,57H2. The van der Waals surface area contributed by atoms with Gasteiger partial charge in [-0.3, -0.25) is 0 Å². The molecule has 2 nitrogen and oxygen atoms in total. The Morgan fingerprint density at radius 3 is 1.71 bits per heavy atom. The Morgan fingerprint density at radius 1 is 0.448 bits per heavy atom. The fraction of sp³-hybridized carbons (Fsp3) is 0.0714. The number of rotatable bonds is 5. The van der Waals surface area contributed by atoms with E-state index in [-0.39, 0.29) is 0 Å². The number of nitrogens with two attached hydrogens (primary N) is 1. The molecule has 0 bridgehead atoms. The van der Waals surface area contributed by atoms with E-state index < -0.39 is 11.0 Å². The Morgan fingerprint density at radius 2 is 1.00 bits per heavy atom. The first-order valence-corrected chi connectivity index (χ1v) is 20.5. The fourth-order valence-electron chi connectivity index (χ4n) is 10.9. The lowest BCUT2D eigenvalue weighted by Crippen LogP contribution is -2.37. The van der Waals surface area contributed by atoms with Gasteiger partial charge in [-0.1, -0.05) is 176 Å². The second-order valence-corrected chi connectivity index (χ2v) is 16.1. The molecule has 58 heavy (non-hydrogen) atoms. The normalized spacial score (nSPS) is 17.3. The minimum absolute atomic E-state index is 0.434. The highest BCUT2D eigenvalue weighted by atomic mass is 15.1. The van der Waals surface area contributed by atoms with Gasteiger partial charge in [-0.25, -0.2) is 0 Å². The first-order chi connectivity index (χ1) is 28.7. The summed E-state index contributed by atoms with van der Waals surface area (Å²) >= 11 is 0. The molecule has 1 atom stereocenters. The lowest BCUT2D eigenvalue weighted by Gasteiger charge is -2.38. The van der Waals surface area contributed by atoms with Crippen molar-refractivity contribution in [2.75, 3.05) is 4.90 Å². The van der Waals surface area contributed by atoms with Gasteiger partial charge < -0.3 is 10.6 Å². The third-order valence-corrected chi connectivity index (χ3v) is 13.3. The molecule has 2 heteroatoms. The van der Waals surface area contributed by atoms with Gasteiger partial charge in [-0.2, -0.15) is 0 Å². The monoisotopic (exact) mass is 740 g/mol. The molecule has 0 saturated heterocycles. The molecule has 4 aliphatic rings. The maximum Gasteiger partial charge on any atom is 0.0935 e. The summed E-state index contributed by atoms with van der Waals surface area (Å²) in [5.74, 6) is 0. The van der Waals surface area contributed by atoms with E-state index in [9.17, 15) is 0 Å². The van der Waals surface area contributed by atoms with Gasteiger partial charge in [0, 0.05) is 16.9 Å². The average Bonchev–Trinajstić information content (AvgIpc) is 3.87. The molecule has 0 aliphatic heterocycles. The van der Waals surface area contributed by atoms with Crippen molar-refractivity contribution in [1.29, 1.82) is 0 Å². The Hall–Kier alpha value is -7.00. The van der Waals surface area contributed by atoms with Crippen molar-refractivity contribution >= 4 is 22.6 Å². The van der Waals surface area contributed by atoms with Crippen molar-refractivity contribution in [3.63, 3.8) is 0 Å². The van der Waals surface area contributed by atoms with Crippen molar-refractivity contribution in [2.24, 2.45) is 5.73 Å². The molecular weight excluding hydrogens is 701 g/mol. The molecule has 274 valence electrons. The number of benzene rings is 8. The van der Waals surface area contributed by atoms with Crippen LogP contribution in [0, 0.1) is 0 Å². The molecule has 4 aliphatic carbocycles. The summed E-state index contributed by atoms with van der Waals surface area (Å²) < 4.78 is 0. The molecule has 12 rings (SSSR count). The van der Waals surface area contributed by atoms with Crippen molar-refractivity contribution < 1.29 is 0 Å². The number of fused-ring (bicyclic) bond motifs is 12. The van der Waals surface area contributed by atoms with Gasteiger partial charge in [-0.15, -0.1) is 0 Å². The number of allylic oxidation sites excluding steroid dienone is 4. The summed E-state index contributed by atoms with van der Waals surface area (Å²) in [6.07, 6.45) is 6.80. The van der Waals surface area contributed by atoms with E-state index in [2.05, 4.69) is 211 Å². The number of hydrogen-bond donors (Lipinski definition) is 1. The van der Waals surface area contributed by atoms with Crippen LogP contribution in [0.25, 0.3) is 39.0 Å². The summed E-state index contributed by atoms with van der Waals surface area (Å²) in [5.41, 5.74) is 28.9. The van der Waals surface area contributed by atoms with E-state index in [1.165, 1.54) is 72.5 Å². The molecule has 8 aromatic carbocycles. The first kappa shape index (κ1) is 33.2. The van der Waals surface area contributed by atoms with E-state index in [1.807, 2.05) is 0 Å². The third kappa shape index (κ3) is 4.41. The molecule has 0 aromatic heterocycles. The van der Waals surface area contributed by atoms with Crippen molar-refractivity contribution in [2.45, 2.75) is 23.8 Å². The maximum atomic E-state index is 7.77. The smallest absolute Gasteiger partial charge is 0.0935 e. The maximum absolute atomic E-state index is 7.77.